The van der Waals surface area contributed by atoms with Gasteiger partial charge in [0.2, 0.25) is 0 Å². The van der Waals surface area contributed by atoms with Crippen molar-refractivity contribution in [2.45, 2.75) is 13.0 Å². The second-order valence-corrected chi connectivity index (χ2v) is 5.68. The first-order chi connectivity index (χ1) is 11.0. The molecular weight excluding hydrogens is 322 g/mol. The summed E-state index contributed by atoms with van der Waals surface area (Å²) in [6.45, 7) is 1.71. The first-order valence-electron chi connectivity index (χ1n) is 6.75. The van der Waals surface area contributed by atoms with E-state index in [2.05, 4.69) is 15.4 Å². The Morgan fingerprint density at radius 2 is 2.17 bits per heavy atom. The quantitative estimate of drug-likeness (QED) is 0.794. The fraction of sp³-hybridized carbons (Fsp3) is 0.133. The largest absolute Gasteiger partial charge is 0.300 e. The lowest BCUT2D eigenvalue weighted by Gasteiger charge is -2.10. The van der Waals surface area contributed by atoms with Crippen LogP contribution in [0.4, 0.5) is 13.9 Å². The first-order valence-corrected chi connectivity index (χ1v) is 7.63. The van der Waals surface area contributed by atoms with Crippen LogP contribution in [0.15, 0.2) is 42.0 Å². The Balaban J connectivity index is 1.74. The van der Waals surface area contributed by atoms with Crippen molar-refractivity contribution in [3.05, 3.63) is 53.7 Å². The highest BCUT2D eigenvalue weighted by atomic mass is 32.1. The molecule has 0 fully saturated rings. The van der Waals surface area contributed by atoms with Crippen LogP contribution in [0.5, 0.6) is 0 Å². The van der Waals surface area contributed by atoms with Gasteiger partial charge in [-0.05, 0) is 31.2 Å². The second kappa shape index (κ2) is 6.25. The number of benzene rings is 1. The van der Waals surface area contributed by atoms with Crippen molar-refractivity contribution < 1.29 is 13.6 Å². The highest BCUT2D eigenvalue weighted by Gasteiger charge is 2.17. The number of carbonyl (C=O) groups excluding carboxylic acids is 1. The standard InChI is InChI=1S/C15H12F2N4OS/c1-9(21-6-2-5-18-21)14(22)20-15-19-13(8-23-15)10-3-4-11(16)12(17)7-10/h2-9H,1H3,(H,19,20,22). The van der Waals surface area contributed by atoms with Gasteiger partial charge in [-0.2, -0.15) is 5.10 Å². The van der Waals surface area contributed by atoms with Crippen molar-refractivity contribution in [1.82, 2.24) is 14.8 Å². The lowest BCUT2D eigenvalue weighted by molar-refractivity contribution is -0.119. The first kappa shape index (κ1) is 15.3. The molecule has 8 heteroatoms. The van der Waals surface area contributed by atoms with Crippen molar-refractivity contribution in [3.63, 3.8) is 0 Å². The van der Waals surface area contributed by atoms with Gasteiger partial charge in [0, 0.05) is 23.3 Å². The van der Waals surface area contributed by atoms with E-state index in [1.54, 1.807) is 30.8 Å². The molecule has 0 radical (unpaired) electrons. The van der Waals surface area contributed by atoms with Crippen LogP contribution in [0.2, 0.25) is 0 Å². The van der Waals surface area contributed by atoms with Crippen LogP contribution in [-0.4, -0.2) is 20.7 Å². The van der Waals surface area contributed by atoms with E-state index in [1.165, 1.54) is 22.1 Å². The predicted molar refractivity (Wildman–Crippen MR) is 83.0 cm³/mol. The molecule has 1 aromatic carbocycles. The minimum absolute atomic E-state index is 0.264. The van der Waals surface area contributed by atoms with E-state index < -0.39 is 17.7 Å². The third-order valence-corrected chi connectivity index (χ3v) is 4.01. The van der Waals surface area contributed by atoms with Crippen molar-refractivity contribution >= 4 is 22.4 Å². The third kappa shape index (κ3) is 3.26. The lowest BCUT2D eigenvalue weighted by atomic mass is 10.2. The van der Waals surface area contributed by atoms with Crippen LogP contribution in [0.1, 0.15) is 13.0 Å². The average Bonchev–Trinajstić information content (AvgIpc) is 3.20. The Hall–Kier alpha value is -2.61. The smallest absolute Gasteiger partial charge is 0.250 e. The molecule has 23 heavy (non-hydrogen) atoms. The number of aromatic nitrogens is 3. The number of nitrogens with one attached hydrogen (secondary N) is 1. The summed E-state index contributed by atoms with van der Waals surface area (Å²) in [4.78, 5) is 16.4. The molecule has 1 atom stereocenters. The number of nitrogens with zero attached hydrogens (tertiary/aromatic N) is 3. The second-order valence-electron chi connectivity index (χ2n) is 4.82. The van der Waals surface area contributed by atoms with E-state index in [0.717, 1.165) is 12.1 Å². The zero-order chi connectivity index (χ0) is 16.4. The summed E-state index contributed by atoms with van der Waals surface area (Å²) in [7, 11) is 0. The molecule has 1 N–H and O–H groups in total. The van der Waals surface area contributed by atoms with E-state index in [1.807, 2.05) is 0 Å². The number of amides is 1. The topological polar surface area (TPSA) is 59.8 Å². The minimum atomic E-state index is -0.937. The Kier molecular flexibility index (Phi) is 4.16. The molecule has 0 saturated carbocycles. The number of hydrogen-bond donors (Lipinski definition) is 1. The molecule has 2 heterocycles. The highest BCUT2D eigenvalue weighted by molar-refractivity contribution is 7.14. The zero-order valence-corrected chi connectivity index (χ0v) is 12.8. The predicted octanol–water partition coefficient (Wildman–Crippen LogP) is 3.48. The summed E-state index contributed by atoms with van der Waals surface area (Å²) in [5.41, 5.74) is 0.914. The molecule has 1 amide bonds. The number of carbonyl (C=O) groups is 1. The van der Waals surface area contributed by atoms with Gasteiger partial charge in [0.25, 0.3) is 5.91 Å². The summed E-state index contributed by atoms with van der Waals surface area (Å²) in [6, 6.07) is 4.80. The lowest BCUT2D eigenvalue weighted by Crippen LogP contribution is -2.23. The van der Waals surface area contributed by atoms with Gasteiger partial charge in [-0.1, -0.05) is 0 Å². The summed E-state index contributed by atoms with van der Waals surface area (Å²) >= 11 is 1.21. The Labute approximate surface area is 134 Å². The van der Waals surface area contributed by atoms with E-state index in [4.69, 9.17) is 0 Å². The van der Waals surface area contributed by atoms with Crippen LogP contribution >= 0.6 is 11.3 Å². The monoisotopic (exact) mass is 334 g/mol. The number of halogens is 2. The molecule has 1 unspecified atom stereocenters. The van der Waals surface area contributed by atoms with Crippen molar-refractivity contribution in [1.29, 1.82) is 0 Å². The summed E-state index contributed by atoms with van der Waals surface area (Å²) in [6.07, 6.45) is 3.28. The van der Waals surface area contributed by atoms with Gasteiger partial charge < -0.3 is 5.32 Å². The van der Waals surface area contributed by atoms with E-state index in [-0.39, 0.29) is 5.91 Å². The number of thiazole rings is 1. The van der Waals surface area contributed by atoms with E-state index >= 15 is 0 Å². The van der Waals surface area contributed by atoms with Crippen LogP contribution in [-0.2, 0) is 4.79 Å². The van der Waals surface area contributed by atoms with Gasteiger partial charge in [0.1, 0.15) is 6.04 Å². The zero-order valence-electron chi connectivity index (χ0n) is 12.0. The number of hydrogen-bond acceptors (Lipinski definition) is 4. The normalized spacial score (nSPS) is 12.1. The Morgan fingerprint density at radius 1 is 1.35 bits per heavy atom. The highest BCUT2D eigenvalue weighted by Crippen LogP contribution is 2.26. The molecule has 118 valence electrons. The molecule has 0 aliphatic heterocycles. The third-order valence-electron chi connectivity index (χ3n) is 3.25. The molecule has 5 nitrogen and oxygen atoms in total. The number of anilines is 1. The molecule has 0 saturated heterocycles. The van der Waals surface area contributed by atoms with Crippen LogP contribution in [0.3, 0.4) is 0 Å². The van der Waals surface area contributed by atoms with Gasteiger partial charge in [-0.3, -0.25) is 9.48 Å². The molecule has 3 rings (SSSR count). The summed E-state index contributed by atoms with van der Waals surface area (Å²) in [5, 5.41) is 8.75. The molecule has 0 aliphatic carbocycles. The van der Waals surface area contributed by atoms with Crippen molar-refractivity contribution in [2.75, 3.05) is 5.32 Å². The fourth-order valence-electron chi connectivity index (χ4n) is 1.96. The van der Waals surface area contributed by atoms with Gasteiger partial charge >= 0.3 is 0 Å². The fourth-order valence-corrected chi connectivity index (χ4v) is 2.68. The van der Waals surface area contributed by atoms with Crippen LogP contribution in [0.25, 0.3) is 11.3 Å². The van der Waals surface area contributed by atoms with Crippen molar-refractivity contribution in [3.8, 4) is 11.3 Å². The van der Waals surface area contributed by atoms with Gasteiger partial charge in [0.05, 0.1) is 5.69 Å². The van der Waals surface area contributed by atoms with Crippen LogP contribution < -0.4 is 5.32 Å². The molecule has 0 aliphatic rings. The van der Waals surface area contributed by atoms with Crippen LogP contribution in [0, 0.1) is 11.6 Å². The maximum Gasteiger partial charge on any atom is 0.250 e. The Bertz CT molecular complexity index is 832. The molecule has 2 aromatic heterocycles. The van der Waals surface area contributed by atoms with Crippen molar-refractivity contribution in [2.24, 2.45) is 0 Å². The summed E-state index contributed by atoms with van der Waals surface area (Å²) in [5.74, 6) is -2.11. The number of rotatable bonds is 4. The SMILES string of the molecule is CC(C(=O)Nc1nc(-c2ccc(F)c(F)c2)cs1)n1cccn1. The van der Waals surface area contributed by atoms with Gasteiger partial charge in [0.15, 0.2) is 16.8 Å². The average molecular weight is 334 g/mol. The summed E-state index contributed by atoms with van der Waals surface area (Å²) < 4.78 is 27.7. The molecule has 0 bridgehead atoms. The van der Waals surface area contributed by atoms with Gasteiger partial charge in [-0.25, -0.2) is 13.8 Å². The van der Waals surface area contributed by atoms with Gasteiger partial charge in [-0.15, -0.1) is 11.3 Å². The maximum absolute atomic E-state index is 13.3. The molecule has 3 aromatic rings. The molecule has 0 spiro atoms. The van der Waals surface area contributed by atoms with E-state index in [0.29, 0.717) is 16.4 Å². The molecular formula is C15H12F2N4OS. The minimum Gasteiger partial charge on any atom is -0.300 e. The van der Waals surface area contributed by atoms with E-state index in [9.17, 15) is 13.6 Å². The Morgan fingerprint density at radius 3 is 2.87 bits per heavy atom. The maximum atomic E-state index is 13.3.